The third-order valence-electron chi connectivity index (χ3n) is 3.31. The van der Waals surface area contributed by atoms with E-state index in [1.165, 1.54) is 43.9 Å². The van der Waals surface area contributed by atoms with Gasteiger partial charge in [-0.2, -0.15) is 0 Å². The highest BCUT2D eigenvalue weighted by atomic mass is 32.2. The molecule has 0 radical (unpaired) electrons. The summed E-state index contributed by atoms with van der Waals surface area (Å²) in [6.45, 7) is 0. The third-order valence-corrected chi connectivity index (χ3v) is 5.15. The lowest BCUT2D eigenvalue weighted by atomic mass is 10.2. The maximum absolute atomic E-state index is 12.8. The van der Waals surface area contributed by atoms with Crippen LogP contribution in [0.5, 0.6) is 5.75 Å². The van der Waals surface area contributed by atoms with Crippen LogP contribution in [-0.4, -0.2) is 33.7 Å². The predicted molar refractivity (Wildman–Crippen MR) is 84.3 cm³/mol. The van der Waals surface area contributed by atoms with E-state index in [1.54, 1.807) is 24.3 Å². The van der Waals surface area contributed by atoms with Crippen molar-refractivity contribution >= 4 is 21.6 Å². The number of anilines is 1. The van der Waals surface area contributed by atoms with Crippen molar-refractivity contribution in [3.63, 3.8) is 0 Å². The first-order chi connectivity index (χ1) is 10.9. The summed E-state index contributed by atoms with van der Waals surface area (Å²) in [6.07, 6.45) is 0. The molecule has 7 nitrogen and oxygen atoms in total. The molecule has 23 heavy (non-hydrogen) atoms. The van der Waals surface area contributed by atoms with Gasteiger partial charge in [0.2, 0.25) is 0 Å². The monoisotopic (exact) mass is 336 g/mol. The van der Waals surface area contributed by atoms with E-state index in [2.05, 4.69) is 0 Å². The smallest absolute Gasteiger partial charge is 0.276 e. The average molecular weight is 336 g/mol. The Balaban J connectivity index is 2.47. The molecule has 2 aromatic rings. The van der Waals surface area contributed by atoms with Crippen LogP contribution < -0.4 is 14.5 Å². The van der Waals surface area contributed by atoms with E-state index in [1.807, 2.05) is 0 Å². The lowest BCUT2D eigenvalue weighted by Crippen LogP contribution is -2.29. The van der Waals surface area contributed by atoms with E-state index in [-0.39, 0.29) is 10.5 Å². The van der Waals surface area contributed by atoms with Crippen LogP contribution in [-0.2, 0) is 10.0 Å². The van der Waals surface area contributed by atoms with E-state index in [0.717, 1.165) is 4.31 Å². The number of rotatable bonds is 5. The van der Waals surface area contributed by atoms with Gasteiger partial charge < -0.3 is 4.74 Å². The molecule has 0 fully saturated rings. The van der Waals surface area contributed by atoms with Crippen LogP contribution in [0.2, 0.25) is 0 Å². The average Bonchev–Trinajstić information content (AvgIpc) is 2.60. The lowest BCUT2D eigenvalue weighted by molar-refractivity contribution is 0.0702. The number of hydroxylamine groups is 1. The molecule has 0 aliphatic rings. The number of nitrogens with zero attached hydrogens (tertiary/aromatic N) is 1. The quantitative estimate of drug-likeness (QED) is 0.639. The van der Waals surface area contributed by atoms with Crippen molar-refractivity contribution in [3.8, 4) is 5.75 Å². The number of hydrogen-bond acceptors (Lipinski definition) is 5. The van der Waals surface area contributed by atoms with Crippen LogP contribution in [0, 0.1) is 0 Å². The molecule has 0 spiro atoms. The summed E-state index contributed by atoms with van der Waals surface area (Å²) in [7, 11) is -1.08. The molecule has 0 aromatic heterocycles. The molecular weight excluding hydrogens is 320 g/mol. The highest BCUT2D eigenvalue weighted by Crippen LogP contribution is 2.26. The van der Waals surface area contributed by atoms with Crippen molar-refractivity contribution in [2.75, 3.05) is 18.5 Å². The molecule has 0 aliphatic carbocycles. The zero-order valence-corrected chi connectivity index (χ0v) is 13.4. The van der Waals surface area contributed by atoms with Crippen molar-refractivity contribution in [2.24, 2.45) is 0 Å². The van der Waals surface area contributed by atoms with Crippen LogP contribution in [0.3, 0.4) is 0 Å². The number of methoxy groups -OCH3 is 1. The van der Waals surface area contributed by atoms with Crippen molar-refractivity contribution < 1.29 is 23.2 Å². The number of amides is 1. The minimum atomic E-state index is -3.98. The number of ether oxygens (including phenoxy) is 1. The SMILES string of the molecule is COc1ccc(N(C)S(=O)(=O)c2ccccc2C(=O)NO)cc1. The molecule has 0 aliphatic heterocycles. The van der Waals surface area contributed by atoms with Gasteiger partial charge in [0, 0.05) is 7.05 Å². The highest BCUT2D eigenvalue weighted by Gasteiger charge is 2.26. The number of hydrogen-bond donors (Lipinski definition) is 2. The number of nitrogens with one attached hydrogen (secondary N) is 1. The van der Waals surface area contributed by atoms with E-state index in [4.69, 9.17) is 9.94 Å². The predicted octanol–water partition coefficient (Wildman–Crippen LogP) is 1.64. The number of benzene rings is 2. The third kappa shape index (κ3) is 3.27. The number of sulfonamides is 1. The molecule has 2 N–H and O–H groups in total. The molecule has 2 rings (SSSR count). The molecule has 0 saturated heterocycles. The van der Waals surface area contributed by atoms with Crippen LogP contribution in [0.4, 0.5) is 5.69 Å². The molecule has 0 heterocycles. The van der Waals surface area contributed by atoms with Crippen LogP contribution >= 0.6 is 0 Å². The maximum atomic E-state index is 12.8. The van der Waals surface area contributed by atoms with Gasteiger partial charge in [-0.1, -0.05) is 12.1 Å². The molecule has 0 bridgehead atoms. The van der Waals surface area contributed by atoms with Gasteiger partial charge >= 0.3 is 0 Å². The Morgan fingerprint density at radius 2 is 1.74 bits per heavy atom. The van der Waals surface area contributed by atoms with Gasteiger partial charge in [-0.25, -0.2) is 13.9 Å². The molecule has 0 saturated carbocycles. The molecule has 122 valence electrons. The fraction of sp³-hybridized carbons (Fsp3) is 0.133. The van der Waals surface area contributed by atoms with Crippen molar-refractivity contribution in [3.05, 3.63) is 54.1 Å². The van der Waals surface area contributed by atoms with Crippen LogP contribution in [0.25, 0.3) is 0 Å². The van der Waals surface area contributed by atoms with Gasteiger partial charge in [0.05, 0.1) is 18.4 Å². The Morgan fingerprint density at radius 1 is 1.13 bits per heavy atom. The second kappa shape index (κ2) is 6.67. The molecule has 8 heteroatoms. The minimum absolute atomic E-state index is 0.143. The van der Waals surface area contributed by atoms with Crippen LogP contribution in [0.1, 0.15) is 10.4 Å². The largest absolute Gasteiger partial charge is 0.497 e. The minimum Gasteiger partial charge on any atom is -0.497 e. The second-order valence-corrected chi connectivity index (χ2v) is 6.55. The Labute approximate surface area is 134 Å². The highest BCUT2D eigenvalue weighted by molar-refractivity contribution is 7.92. The van der Waals surface area contributed by atoms with Crippen molar-refractivity contribution in [2.45, 2.75) is 4.90 Å². The zero-order chi connectivity index (χ0) is 17.0. The zero-order valence-electron chi connectivity index (χ0n) is 12.6. The Hall–Kier alpha value is -2.58. The van der Waals surface area contributed by atoms with Crippen molar-refractivity contribution in [1.29, 1.82) is 0 Å². The summed E-state index contributed by atoms with van der Waals surface area (Å²) in [5.41, 5.74) is 1.71. The maximum Gasteiger partial charge on any atom is 0.276 e. The summed E-state index contributed by atoms with van der Waals surface area (Å²) in [5.74, 6) is -0.299. The molecule has 0 atom stereocenters. The second-order valence-electron chi connectivity index (χ2n) is 4.61. The first kappa shape index (κ1) is 16.8. The van der Waals surface area contributed by atoms with Gasteiger partial charge in [-0.05, 0) is 36.4 Å². The number of carbonyl (C=O) groups excluding carboxylic acids is 1. The van der Waals surface area contributed by atoms with E-state index in [9.17, 15) is 13.2 Å². The Bertz CT molecular complexity index is 803. The van der Waals surface area contributed by atoms with Crippen LogP contribution in [0.15, 0.2) is 53.4 Å². The van der Waals surface area contributed by atoms with E-state index < -0.39 is 15.9 Å². The summed E-state index contributed by atoms with van der Waals surface area (Å²) in [6, 6.07) is 12.1. The summed E-state index contributed by atoms with van der Waals surface area (Å²) in [4.78, 5) is 11.5. The summed E-state index contributed by atoms with van der Waals surface area (Å²) >= 11 is 0. The molecular formula is C15H16N2O5S. The van der Waals surface area contributed by atoms with Gasteiger partial charge in [0.1, 0.15) is 10.6 Å². The number of carbonyl (C=O) groups is 1. The van der Waals surface area contributed by atoms with E-state index in [0.29, 0.717) is 11.4 Å². The van der Waals surface area contributed by atoms with Crippen molar-refractivity contribution in [1.82, 2.24) is 5.48 Å². The van der Waals surface area contributed by atoms with Gasteiger partial charge in [0.25, 0.3) is 15.9 Å². The summed E-state index contributed by atoms with van der Waals surface area (Å²) < 4.78 is 31.6. The molecule has 0 unspecified atom stereocenters. The van der Waals surface area contributed by atoms with Gasteiger partial charge in [-0.3, -0.25) is 14.3 Å². The normalized spacial score (nSPS) is 10.9. The molecule has 2 aromatic carbocycles. The Kier molecular flexibility index (Phi) is 4.87. The first-order valence-electron chi connectivity index (χ1n) is 6.58. The molecule has 1 amide bonds. The Morgan fingerprint density at radius 3 is 2.30 bits per heavy atom. The topological polar surface area (TPSA) is 95.9 Å². The standard InChI is InChI=1S/C15H16N2O5S/c1-17(11-7-9-12(22-2)10-8-11)23(20,21)14-6-4-3-5-13(14)15(18)16-19/h3-10,19H,1-2H3,(H,16,18). The fourth-order valence-corrected chi connectivity index (χ4v) is 3.40. The lowest BCUT2D eigenvalue weighted by Gasteiger charge is -2.21. The van der Waals surface area contributed by atoms with Gasteiger partial charge in [-0.15, -0.1) is 0 Å². The summed E-state index contributed by atoms with van der Waals surface area (Å²) in [5, 5.41) is 8.77. The first-order valence-corrected chi connectivity index (χ1v) is 8.02. The van der Waals surface area contributed by atoms with Gasteiger partial charge in [0.15, 0.2) is 0 Å². The fourth-order valence-electron chi connectivity index (χ4n) is 2.02. The van der Waals surface area contributed by atoms with E-state index >= 15 is 0 Å².